The molecule has 1 amide bonds. The van der Waals surface area contributed by atoms with Crippen molar-refractivity contribution in [2.45, 2.75) is 0 Å². The van der Waals surface area contributed by atoms with Gasteiger partial charge in [0.25, 0.3) is 5.91 Å². The van der Waals surface area contributed by atoms with Gasteiger partial charge in [-0.1, -0.05) is 24.1 Å². The van der Waals surface area contributed by atoms with Crippen LogP contribution in [0.2, 0.25) is 0 Å². The van der Waals surface area contributed by atoms with Gasteiger partial charge in [0.15, 0.2) is 0 Å². The number of nitrogens with zero attached hydrogens (tertiary/aromatic N) is 1. The molecule has 0 aromatic heterocycles. The van der Waals surface area contributed by atoms with E-state index in [1.807, 2.05) is 30.3 Å². The van der Waals surface area contributed by atoms with E-state index in [1.54, 1.807) is 7.05 Å². The summed E-state index contributed by atoms with van der Waals surface area (Å²) in [5.41, 5.74) is 0.809. The number of carbonyl (C=O) groups excluding carboxylic acids is 1. The zero-order valence-corrected chi connectivity index (χ0v) is 8.60. The topological polar surface area (TPSA) is 40.5 Å². The Kier molecular flexibility index (Phi) is 4.39. The lowest BCUT2D eigenvalue weighted by Gasteiger charge is -2.10. The van der Waals surface area contributed by atoms with E-state index in [0.29, 0.717) is 6.54 Å². The normalized spacial score (nSPS) is 8.93. The predicted octanol–water partition coefficient (Wildman–Crippen LogP) is 0.489. The molecule has 78 valence electrons. The maximum Gasteiger partial charge on any atom is 0.298 e. The number of amides is 1. The van der Waals surface area contributed by atoms with Crippen molar-refractivity contribution in [2.75, 3.05) is 20.2 Å². The molecule has 0 aliphatic heterocycles. The van der Waals surface area contributed by atoms with Crippen LogP contribution in [0.4, 0.5) is 0 Å². The second-order valence-electron chi connectivity index (χ2n) is 3.07. The van der Waals surface area contributed by atoms with Crippen molar-refractivity contribution in [2.24, 2.45) is 0 Å². The Balaban J connectivity index is 2.62. The number of rotatable bonds is 2. The van der Waals surface area contributed by atoms with Crippen LogP contribution in [0, 0.1) is 11.8 Å². The van der Waals surface area contributed by atoms with E-state index in [1.165, 1.54) is 4.90 Å². The van der Waals surface area contributed by atoms with Gasteiger partial charge in [0.2, 0.25) is 0 Å². The lowest BCUT2D eigenvalue weighted by atomic mass is 10.2. The van der Waals surface area contributed by atoms with Gasteiger partial charge < -0.3 is 10.0 Å². The third kappa shape index (κ3) is 3.84. The molecule has 0 spiro atoms. The summed E-state index contributed by atoms with van der Waals surface area (Å²) in [7, 11) is 1.61. The molecule has 0 heterocycles. The molecule has 1 aromatic carbocycles. The first-order valence-electron chi connectivity index (χ1n) is 4.67. The average Bonchev–Trinajstić information content (AvgIpc) is 2.27. The second kappa shape index (κ2) is 5.84. The van der Waals surface area contributed by atoms with Crippen LogP contribution in [0.3, 0.4) is 0 Å². The van der Waals surface area contributed by atoms with Crippen molar-refractivity contribution in [3.63, 3.8) is 0 Å². The number of hydrogen-bond donors (Lipinski definition) is 1. The van der Waals surface area contributed by atoms with E-state index >= 15 is 0 Å². The largest absolute Gasteiger partial charge is 0.395 e. The smallest absolute Gasteiger partial charge is 0.298 e. The zero-order chi connectivity index (χ0) is 11.1. The van der Waals surface area contributed by atoms with Gasteiger partial charge in [-0.25, -0.2) is 0 Å². The quantitative estimate of drug-likeness (QED) is 0.711. The summed E-state index contributed by atoms with van der Waals surface area (Å²) in [6.45, 7) is 0.261. The summed E-state index contributed by atoms with van der Waals surface area (Å²) < 4.78 is 0. The van der Waals surface area contributed by atoms with Gasteiger partial charge in [0.1, 0.15) is 0 Å². The van der Waals surface area contributed by atoms with Crippen LogP contribution in [-0.4, -0.2) is 36.1 Å². The molecule has 0 saturated carbocycles. The lowest BCUT2D eigenvalue weighted by Crippen LogP contribution is -2.28. The second-order valence-corrected chi connectivity index (χ2v) is 3.07. The number of aliphatic hydroxyl groups is 1. The average molecular weight is 203 g/mol. The zero-order valence-electron chi connectivity index (χ0n) is 8.60. The molecule has 0 bridgehead atoms. The minimum Gasteiger partial charge on any atom is -0.395 e. The van der Waals surface area contributed by atoms with Gasteiger partial charge in [-0.05, 0) is 12.1 Å². The fraction of sp³-hybridized carbons (Fsp3) is 0.250. The van der Waals surface area contributed by atoms with Crippen LogP contribution >= 0.6 is 0 Å². The highest BCUT2D eigenvalue weighted by atomic mass is 16.3. The summed E-state index contributed by atoms with van der Waals surface area (Å²) in [4.78, 5) is 12.7. The number of hydrogen-bond acceptors (Lipinski definition) is 2. The fourth-order valence-corrected chi connectivity index (χ4v) is 0.994. The Labute approximate surface area is 89.3 Å². The summed E-state index contributed by atoms with van der Waals surface area (Å²) in [6.07, 6.45) is 0. The van der Waals surface area contributed by atoms with Crippen molar-refractivity contribution in [1.82, 2.24) is 4.90 Å². The molecule has 15 heavy (non-hydrogen) atoms. The van der Waals surface area contributed by atoms with Crippen molar-refractivity contribution in [3.8, 4) is 11.8 Å². The van der Waals surface area contributed by atoms with Crippen LogP contribution in [-0.2, 0) is 4.79 Å². The molecule has 0 fully saturated rings. The summed E-state index contributed by atoms with van der Waals surface area (Å²) >= 11 is 0. The minimum atomic E-state index is -0.284. The SMILES string of the molecule is CN(CCO)C(=O)C#Cc1ccccc1. The molecular weight excluding hydrogens is 190 g/mol. The Morgan fingerprint density at radius 2 is 2.07 bits per heavy atom. The van der Waals surface area contributed by atoms with E-state index in [-0.39, 0.29) is 12.5 Å². The molecule has 0 saturated heterocycles. The highest BCUT2D eigenvalue weighted by Crippen LogP contribution is 1.94. The molecule has 0 aliphatic rings. The van der Waals surface area contributed by atoms with Crippen LogP contribution in [0.15, 0.2) is 30.3 Å². The molecule has 0 radical (unpaired) electrons. The first-order valence-corrected chi connectivity index (χ1v) is 4.67. The monoisotopic (exact) mass is 203 g/mol. The number of aliphatic hydroxyl groups excluding tert-OH is 1. The predicted molar refractivity (Wildman–Crippen MR) is 58.0 cm³/mol. The van der Waals surface area contributed by atoms with Crippen molar-refractivity contribution in [3.05, 3.63) is 35.9 Å². The lowest BCUT2D eigenvalue weighted by molar-refractivity contribution is -0.124. The number of benzene rings is 1. The van der Waals surface area contributed by atoms with Crippen LogP contribution in [0.25, 0.3) is 0 Å². The van der Waals surface area contributed by atoms with Crippen LogP contribution in [0.1, 0.15) is 5.56 Å². The van der Waals surface area contributed by atoms with Gasteiger partial charge in [0, 0.05) is 25.1 Å². The minimum absolute atomic E-state index is 0.0464. The maximum atomic E-state index is 11.3. The molecule has 3 heteroatoms. The number of likely N-dealkylation sites (N-methyl/N-ethyl adjacent to an activating group) is 1. The fourth-order valence-electron chi connectivity index (χ4n) is 0.994. The molecule has 0 unspecified atom stereocenters. The Morgan fingerprint density at radius 1 is 1.40 bits per heavy atom. The maximum absolute atomic E-state index is 11.3. The van der Waals surface area contributed by atoms with Crippen LogP contribution < -0.4 is 0 Å². The first kappa shape index (κ1) is 11.3. The first-order chi connectivity index (χ1) is 7.24. The van der Waals surface area contributed by atoms with E-state index < -0.39 is 0 Å². The van der Waals surface area contributed by atoms with E-state index in [0.717, 1.165) is 5.56 Å². The molecule has 3 nitrogen and oxygen atoms in total. The van der Waals surface area contributed by atoms with Crippen LogP contribution in [0.5, 0.6) is 0 Å². The summed E-state index contributed by atoms with van der Waals surface area (Å²) in [5, 5.41) is 8.63. The standard InChI is InChI=1S/C12H13NO2/c1-13(9-10-14)12(15)8-7-11-5-3-2-4-6-11/h2-6,14H,9-10H2,1H3. The van der Waals surface area contributed by atoms with Crippen molar-refractivity contribution in [1.29, 1.82) is 0 Å². The van der Waals surface area contributed by atoms with Crippen molar-refractivity contribution >= 4 is 5.91 Å². The molecule has 1 N–H and O–H groups in total. The van der Waals surface area contributed by atoms with Gasteiger partial charge >= 0.3 is 0 Å². The van der Waals surface area contributed by atoms with Gasteiger partial charge in [0.05, 0.1) is 6.61 Å². The van der Waals surface area contributed by atoms with Crippen molar-refractivity contribution < 1.29 is 9.90 Å². The van der Waals surface area contributed by atoms with Gasteiger partial charge in [-0.3, -0.25) is 4.79 Å². The molecule has 1 aromatic rings. The molecule has 1 rings (SSSR count). The third-order valence-corrected chi connectivity index (χ3v) is 1.87. The Bertz CT molecular complexity index is 376. The summed E-state index contributed by atoms with van der Waals surface area (Å²) in [5.74, 6) is 4.99. The molecular formula is C12H13NO2. The Hall–Kier alpha value is -1.79. The highest BCUT2D eigenvalue weighted by Gasteiger charge is 2.02. The molecule has 0 aliphatic carbocycles. The molecule has 0 atom stereocenters. The van der Waals surface area contributed by atoms with E-state index in [9.17, 15) is 4.79 Å². The van der Waals surface area contributed by atoms with Gasteiger partial charge in [-0.2, -0.15) is 0 Å². The highest BCUT2D eigenvalue weighted by molar-refractivity contribution is 5.93. The van der Waals surface area contributed by atoms with Gasteiger partial charge in [-0.15, -0.1) is 0 Å². The number of carbonyl (C=O) groups is 1. The Morgan fingerprint density at radius 3 is 2.67 bits per heavy atom. The summed E-state index contributed by atoms with van der Waals surface area (Å²) in [6, 6.07) is 9.31. The third-order valence-electron chi connectivity index (χ3n) is 1.87. The van der Waals surface area contributed by atoms with E-state index in [4.69, 9.17) is 5.11 Å². The van der Waals surface area contributed by atoms with E-state index in [2.05, 4.69) is 11.8 Å².